The van der Waals surface area contributed by atoms with Crippen LogP contribution in [-0.4, -0.2) is 16.8 Å². The van der Waals surface area contributed by atoms with Crippen molar-refractivity contribution in [3.8, 4) is 5.75 Å². The van der Waals surface area contributed by atoms with Gasteiger partial charge in [0.2, 0.25) is 5.91 Å². The van der Waals surface area contributed by atoms with Crippen molar-refractivity contribution >= 4 is 11.7 Å². The third kappa shape index (κ3) is 2.15. The first-order valence-electron chi connectivity index (χ1n) is 4.75. The van der Waals surface area contributed by atoms with E-state index in [1.807, 2.05) is 0 Å². The van der Waals surface area contributed by atoms with Gasteiger partial charge in [0, 0.05) is 6.42 Å². The highest BCUT2D eigenvalue weighted by Crippen LogP contribution is 2.24. The summed E-state index contributed by atoms with van der Waals surface area (Å²) in [5.41, 5.74) is 0.761. The van der Waals surface area contributed by atoms with Crippen molar-refractivity contribution in [1.82, 2.24) is 5.32 Å². The monoisotopic (exact) mass is 205 g/mol. The molecule has 4 nitrogen and oxygen atoms in total. The van der Waals surface area contributed by atoms with E-state index >= 15 is 0 Å². The van der Waals surface area contributed by atoms with Crippen LogP contribution < -0.4 is 5.32 Å². The summed E-state index contributed by atoms with van der Waals surface area (Å²) in [7, 11) is 0. The van der Waals surface area contributed by atoms with Crippen molar-refractivity contribution < 1.29 is 14.7 Å². The molecule has 0 bridgehead atoms. The topological polar surface area (TPSA) is 66.4 Å². The molecule has 1 unspecified atom stereocenters. The lowest BCUT2D eigenvalue weighted by molar-refractivity contribution is -0.132. The van der Waals surface area contributed by atoms with Gasteiger partial charge in [0.05, 0.1) is 12.5 Å². The Bertz CT molecular complexity index is 398. The number of phenols is 1. The summed E-state index contributed by atoms with van der Waals surface area (Å²) in [5, 5.41) is 12.0. The second-order valence-corrected chi connectivity index (χ2v) is 3.63. The lowest BCUT2D eigenvalue weighted by Crippen LogP contribution is -2.36. The van der Waals surface area contributed by atoms with Crippen LogP contribution in [0.5, 0.6) is 5.75 Å². The summed E-state index contributed by atoms with van der Waals surface area (Å²) >= 11 is 0. The highest BCUT2D eigenvalue weighted by atomic mass is 16.3. The standard InChI is InChI=1S/C11H11NO3/c13-8-3-1-2-7(4-8)10-5-9(14)6-11(15)12-10/h1-4,10,13H,5-6H2,(H,12,15). The van der Waals surface area contributed by atoms with Gasteiger partial charge in [0.15, 0.2) is 0 Å². The molecule has 78 valence electrons. The number of amides is 1. The van der Waals surface area contributed by atoms with E-state index in [1.54, 1.807) is 24.3 Å². The van der Waals surface area contributed by atoms with Crippen LogP contribution in [0.15, 0.2) is 24.3 Å². The molecule has 1 saturated heterocycles. The molecule has 0 aromatic heterocycles. The van der Waals surface area contributed by atoms with E-state index in [2.05, 4.69) is 5.32 Å². The van der Waals surface area contributed by atoms with E-state index in [-0.39, 0.29) is 29.9 Å². The minimum absolute atomic E-state index is 0.0324. The van der Waals surface area contributed by atoms with Crippen LogP contribution in [0, 0.1) is 0 Å². The Kier molecular flexibility index (Phi) is 2.41. The highest BCUT2D eigenvalue weighted by Gasteiger charge is 2.25. The highest BCUT2D eigenvalue weighted by molar-refractivity contribution is 6.00. The fourth-order valence-corrected chi connectivity index (χ4v) is 1.72. The molecule has 0 radical (unpaired) electrons. The number of hydrogen-bond acceptors (Lipinski definition) is 3. The number of aromatic hydroxyl groups is 1. The van der Waals surface area contributed by atoms with Gasteiger partial charge < -0.3 is 10.4 Å². The van der Waals surface area contributed by atoms with Crippen molar-refractivity contribution in [3.05, 3.63) is 29.8 Å². The molecule has 1 heterocycles. The Morgan fingerprint density at radius 1 is 1.33 bits per heavy atom. The lowest BCUT2D eigenvalue weighted by atomic mass is 9.96. The molecule has 1 aromatic rings. The number of phenolic OH excluding ortho intramolecular Hbond substituents is 1. The molecule has 1 aromatic carbocycles. The van der Waals surface area contributed by atoms with Gasteiger partial charge in [-0.1, -0.05) is 12.1 Å². The van der Waals surface area contributed by atoms with E-state index in [4.69, 9.17) is 0 Å². The van der Waals surface area contributed by atoms with Gasteiger partial charge in [-0.2, -0.15) is 0 Å². The Balaban J connectivity index is 2.23. The van der Waals surface area contributed by atoms with Crippen molar-refractivity contribution in [3.63, 3.8) is 0 Å². The van der Waals surface area contributed by atoms with E-state index in [9.17, 15) is 14.7 Å². The molecule has 0 saturated carbocycles. The molecule has 0 spiro atoms. The molecule has 0 aliphatic carbocycles. The second kappa shape index (κ2) is 3.73. The Morgan fingerprint density at radius 2 is 2.13 bits per heavy atom. The number of carbonyl (C=O) groups excluding carboxylic acids is 2. The molecule has 1 atom stereocenters. The van der Waals surface area contributed by atoms with Crippen molar-refractivity contribution in [2.75, 3.05) is 0 Å². The largest absolute Gasteiger partial charge is 0.508 e. The Hall–Kier alpha value is -1.84. The number of ketones is 1. The van der Waals surface area contributed by atoms with Gasteiger partial charge in [-0.05, 0) is 17.7 Å². The van der Waals surface area contributed by atoms with Crippen molar-refractivity contribution in [1.29, 1.82) is 0 Å². The lowest BCUT2D eigenvalue weighted by Gasteiger charge is -2.22. The zero-order chi connectivity index (χ0) is 10.8. The van der Waals surface area contributed by atoms with E-state index < -0.39 is 0 Å². The van der Waals surface area contributed by atoms with Gasteiger partial charge >= 0.3 is 0 Å². The van der Waals surface area contributed by atoms with E-state index in [0.717, 1.165) is 5.56 Å². The first-order chi connectivity index (χ1) is 7.15. The third-order valence-electron chi connectivity index (χ3n) is 2.40. The summed E-state index contributed by atoms with van der Waals surface area (Å²) in [4.78, 5) is 22.4. The molecular weight excluding hydrogens is 194 g/mol. The number of piperidine rings is 1. The van der Waals surface area contributed by atoms with Gasteiger partial charge in [0.25, 0.3) is 0 Å². The maximum absolute atomic E-state index is 11.2. The van der Waals surface area contributed by atoms with Crippen LogP contribution in [0.25, 0.3) is 0 Å². The molecule has 15 heavy (non-hydrogen) atoms. The minimum Gasteiger partial charge on any atom is -0.508 e. The van der Waals surface area contributed by atoms with Gasteiger partial charge in [-0.3, -0.25) is 9.59 Å². The predicted octanol–water partition coefficient (Wildman–Crippen LogP) is 0.912. The molecule has 4 heteroatoms. The molecule has 1 amide bonds. The molecule has 1 aliphatic heterocycles. The van der Waals surface area contributed by atoms with Crippen LogP contribution in [0.3, 0.4) is 0 Å². The van der Waals surface area contributed by atoms with E-state index in [1.165, 1.54) is 0 Å². The fourth-order valence-electron chi connectivity index (χ4n) is 1.72. The number of rotatable bonds is 1. The normalized spacial score (nSPS) is 21.2. The zero-order valence-corrected chi connectivity index (χ0v) is 8.06. The first kappa shape index (κ1) is 9.71. The number of hydrogen-bond donors (Lipinski definition) is 2. The quantitative estimate of drug-likeness (QED) is 0.670. The van der Waals surface area contributed by atoms with Crippen LogP contribution in [0.2, 0.25) is 0 Å². The van der Waals surface area contributed by atoms with Crippen LogP contribution in [-0.2, 0) is 9.59 Å². The minimum atomic E-state index is -0.300. The fraction of sp³-hybridized carbons (Fsp3) is 0.273. The average molecular weight is 205 g/mol. The van der Waals surface area contributed by atoms with Gasteiger partial charge in [0.1, 0.15) is 11.5 Å². The van der Waals surface area contributed by atoms with Crippen molar-refractivity contribution in [2.24, 2.45) is 0 Å². The van der Waals surface area contributed by atoms with Crippen LogP contribution >= 0.6 is 0 Å². The van der Waals surface area contributed by atoms with Crippen LogP contribution in [0.1, 0.15) is 24.4 Å². The Morgan fingerprint density at radius 3 is 2.80 bits per heavy atom. The maximum Gasteiger partial charge on any atom is 0.227 e. The number of Topliss-reactive ketones (excluding diaryl/α,β-unsaturated/α-hetero) is 1. The number of carbonyl (C=O) groups is 2. The number of benzene rings is 1. The number of nitrogens with one attached hydrogen (secondary N) is 1. The summed E-state index contributed by atoms with van der Waals surface area (Å²) < 4.78 is 0. The molecule has 2 N–H and O–H groups in total. The summed E-state index contributed by atoms with van der Waals surface area (Å²) in [6, 6.07) is 6.28. The third-order valence-corrected chi connectivity index (χ3v) is 2.40. The second-order valence-electron chi connectivity index (χ2n) is 3.63. The summed E-state index contributed by atoms with van der Waals surface area (Å²) in [6.45, 7) is 0. The van der Waals surface area contributed by atoms with E-state index in [0.29, 0.717) is 6.42 Å². The van der Waals surface area contributed by atoms with Crippen molar-refractivity contribution in [2.45, 2.75) is 18.9 Å². The van der Waals surface area contributed by atoms with Gasteiger partial charge in [-0.25, -0.2) is 0 Å². The average Bonchev–Trinajstić information content (AvgIpc) is 2.16. The smallest absolute Gasteiger partial charge is 0.227 e. The zero-order valence-electron chi connectivity index (χ0n) is 8.06. The first-order valence-corrected chi connectivity index (χ1v) is 4.75. The Labute approximate surface area is 86.9 Å². The molecular formula is C11H11NO3. The molecule has 1 fully saturated rings. The summed E-state index contributed by atoms with van der Waals surface area (Å²) in [6.07, 6.45) is 0.268. The predicted molar refractivity (Wildman–Crippen MR) is 53.2 cm³/mol. The maximum atomic E-state index is 11.2. The SMILES string of the molecule is O=C1CC(=O)NC(c2cccc(O)c2)C1. The van der Waals surface area contributed by atoms with Gasteiger partial charge in [-0.15, -0.1) is 0 Å². The van der Waals surface area contributed by atoms with Crippen LogP contribution in [0.4, 0.5) is 0 Å². The molecule has 2 rings (SSSR count). The summed E-state index contributed by atoms with van der Waals surface area (Å²) in [5.74, 6) is -0.175. The molecule has 1 aliphatic rings.